The molecule has 4 heteroatoms. The van der Waals surface area contributed by atoms with E-state index in [-0.39, 0.29) is 11.8 Å². The number of unbranched alkanes of at least 4 members (excludes halogenated alkanes) is 30. The van der Waals surface area contributed by atoms with Crippen LogP contribution in [0.4, 0.5) is 0 Å². The molecule has 0 aliphatic carbocycles. The SMILES string of the molecule is CCCC(CCCCCCCC/C=C\CCCCCCCCCCCC(N)=O)CCCCCCCC/C=C\CCCCCCCCCCCC(N)=O. The second-order valence-electron chi connectivity index (χ2n) is 16.4. The highest BCUT2D eigenvalue weighted by molar-refractivity contribution is 5.73. The Hall–Kier alpha value is -1.58. The third-order valence-electron chi connectivity index (χ3n) is 11.1. The third kappa shape index (κ3) is 44.6. The molecule has 2 amide bonds. The van der Waals surface area contributed by atoms with Crippen molar-refractivity contribution in [3.8, 4) is 0 Å². The van der Waals surface area contributed by atoms with E-state index in [2.05, 4.69) is 31.2 Å². The van der Waals surface area contributed by atoms with Crippen molar-refractivity contribution in [3.05, 3.63) is 24.3 Å². The summed E-state index contributed by atoms with van der Waals surface area (Å²) in [6, 6.07) is 0. The third-order valence-corrected chi connectivity index (χ3v) is 11.1. The van der Waals surface area contributed by atoms with Crippen molar-refractivity contribution in [2.45, 2.75) is 264 Å². The van der Waals surface area contributed by atoms with E-state index in [0.717, 1.165) is 31.6 Å². The smallest absolute Gasteiger partial charge is 0.217 e. The van der Waals surface area contributed by atoms with Gasteiger partial charge in [0, 0.05) is 12.8 Å². The quantitative estimate of drug-likeness (QED) is 0.0483. The monoisotopic (exact) mass is 729 g/mol. The average Bonchev–Trinajstić information content (AvgIpc) is 3.12. The molecule has 0 spiro atoms. The second kappa shape index (κ2) is 43.8. The molecule has 0 aliphatic heterocycles. The molecular weight excluding hydrogens is 637 g/mol. The number of hydrogen-bond donors (Lipinski definition) is 2. The van der Waals surface area contributed by atoms with Crippen molar-refractivity contribution < 1.29 is 9.59 Å². The standard InChI is InChI=1S/C48H92N2O2/c1-2-41-46(42-37-33-29-25-21-17-13-9-5-3-7-11-15-19-23-27-31-35-39-44-47(49)51)43-38-34-30-26-22-18-14-10-6-4-8-12-16-20-24-28-32-36-40-45-48(50)52/h5-6,9-10,46H,2-4,7-8,11-45H2,1H3,(H2,49,51)(H2,50,52)/b9-5-,10-6-. The first-order chi connectivity index (χ1) is 25.6. The van der Waals surface area contributed by atoms with Gasteiger partial charge in [0.15, 0.2) is 0 Å². The van der Waals surface area contributed by atoms with Crippen LogP contribution in [0.5, 0.6) is 0 Å². The summed E-state index contributed by atoms with van der Waals surface area (Å²) in [5.41, 5.74) is 10.4. The van der Waals surface area contributed by atoms with Crippen molar-refractivity contribution in [1.82, 2.24) is 0 Å². The lowest BCUT2D eigenvalue weighted by molar-refractivity contribution is -0.119. The van der Waals surface area contributed by atoms with Crippen LogP contribution < -0.4 is 11.5 Å². The van der Waals surface area contributed by atoms with Gasteiger partial charge < -0.3 is 11.5 Å². The van der Waals surface area contributed by atoms with Crippen LogP contribution in [-0.4, -0.2) is 11.8 Å². The number of carbonyl (C=O) groups excluding carboxylic acids is 2. The van der Waals surface area contributed by atoms with Crippen molar-refractivity contribution in [3.63, 3.8) is 0 Å². The van der Waals surface area contributed by atoms with Crippen molar-refractivity contribution in [2.75, 3.05) is 0 Å². The number of nitrogens with two attached hydrogens (primary N) is 2. The maximum absolute atomic E-state index is 10.7. The summed E-state index contributed by atoms with van der Waals surface area (Å²) in [5, 5.41) is 0. The van der Waals surface area contributed by atoms with Gasteiger partial charge in [0.05, 0.1) is 0 Å². The van der Waals surface area contributed by atoms with Gasteiger partial charge in [0.25, 0.3) is 0 Å². The summed E-state index contributed by atoms with van der Waals surface area (Å²) in [6.07, 6.45) is 61.8. The molecule has 0 fully saturated rings. The van der Waals surface area contributed by atoms with Crippen LogP contribution in [0.25, 0.3) is 0 Å². The van der Waals surface area contributed by atoms with Gasteiger partial charge in [0.2, 0.25) is 11.8 Å². The topological polar surface area (TPSA) is 86.2 Å². The van der Waals surface area contributed by atoms with E-state index in [4.69, 9.17) is 11.5 Å². The Labute approximate surface area is 326 Å². The van der Waals surface area contributed by atoms with Gasteiger partial charge in [0.1, 0.15) is 0 Å². The average molecular weight is 729 g/mol. The van der Waals surface area contributed by atoms with Crippen molar-refractivity contribution in [2.24, 2.45) is 17.4 Å². The predicted octanol–water partition coefficient (Wildman–Crippen LogP) is 15.3. The fourth-order valence-electron chi connectivity index (χ4n) is 7.71. The van der Waals surface area contributed by atoms with E-state index in [1.807, 2.05) is 0 Å². The molecule has 0 aromatic rings. The van der Waals surface area contributed by atoms with Crippen LogP contribution in [0.15, 0.2) is 24.3 Å². The molecule has 0 aliphatic rings. The summed E-state index contributed by atoms with van der Waals surface area (Å²) in [6.45, 7) is 2.38. The summed E-state index contributed by atoms with van der Waals surface area (Å²) in [4.78, 5) is 21.5. The van der Waals surface area contributed by atoms with Gasteiger partial charge in [-0.3, -0.25) is 9.59 Å². The lowest BCUT2D eigenvalue weighted by atomic mass is 9.90. The van der Waals surface area contributed by atoms with Crippen LogP contribution >= 0.6 is 0 Å². The Balaban J connectivity index is 3.42. The minimum Gasteiger partial charge on any atom is -0.370 e. The largest absolute Gasteiger partial charge is 0.370 e. The van der Waals surface area contributed by atoms with Gasteiger partial charge in [-0.25, -0.2) is 0 Å². The second-order valence-corrected chi connectivity index (χ2v) is 16.4. The molecular formula is C48H92N2O2. The summed E-state index contributed by atoms with van der Waals surface area (Å²) < 4.78 is 0. The molecule has 306 valence electrons. The predicted molar refractivity (Wildman–Crippen MR) is 231 cm³/mol. The van der Waals surface area contributed by atoms with Gasteiger partial charge in [-0.05, 0) is 70.1 Å². The fourth-order valence-corrected chi connectivity index (χ4v) is 7.71. The van der Waals surface area contributed by atoms with Gasteiger partial charge in [-0.1, -0.05) is 211 Å². The Bertz CT molecular complexity index is 729. The summed E-state index contributed by atoms with van der Waals surface area (Å²) in [7, 11) is 0. The van der Waals surface area contributed by atoms with Crippen LogP contribution in [0.2, 0.25) is 0 Å². The zero-order chi connectivity index (χ0) is 37.8. The van der Waals surface area contributed by atoms with Gasteiger partial charge in [-0.15, -0.1) is 0 Å². The molecule has 0 radical (unpaired) electrons. The first kappa shape index (κ1) is 50.4. The molecule has 4 nitrogen and oxygen atoms in total. The molecule has 0 rings (SSSR count). The van der Waals surface area contributed by atoms with E-state index in [1.165, 1.54) is 218 Å². The minimum atomic E-state index is -0.156. The molecule has 0 aromatic carbocycles. The number of rotatable bonds is 44. The molecule has 0 aromatic heterocycles. The van der Waals surface area contributed by atoms with Crippen LogP contribution in [0.1, 0.15) is 264 Å². The first-order valence-corrected chi connectivity index (χ1v) is 23.4. The van der Waals surface area contributed by atoms with Gasteiger partial charge in [-0.2, -0.15) is 0 Å². The Kier molecular flexibility index (Phi) is 42.5. The summed E-state index contributed by atoms with van der Waals surface area (Å²) in [5.74, 6) is 0.671. The normalized spacial score (nSPS) is 11.9. The lowest BCUT2D eigenvalue weighted by Gasteiger charge is -2.16. The lowest BCUT2D eigenvalue weighted by Crippen LogP contribution is -2.09. The minimum absolute atomic E-state index is 0.156. The number of hydrogen-bond acceptors (Lipinski definition) is 2. The highest BCUT2D eigenvalue weighted by Crippen LogP contribution is 2.23. The summed E-state index contributed by atoms with van der Waals surface area (Å²) >= 11 is 0. The fraction of sp³-hybridized carbons (Fsp3) is 0.875. The van der Waals surface area contributed by atoms with Crippen LogP contribution in [0.3, 0.4) is 0 Å². The maximum atomic E-state index is 10.7. The molecule has 52 heavy (non-hydrogen) atoms. The molecule has 0 bridgehead atoms. The zero-order valence-corrected chi connectivity index (χ0v) is 35.1. The molecule has 4 N–H and O–H groups in total. The first-order valence-electron chi connectivity index (χ1n) is 23.4. The van der Waals surface area contributed by atoms with E-state index >= 15 is 0 Å². The van der Waals surface area contributed by atoms with E-state index in [0.29, 0.717) is 12.8 Å². The van der Waals surface area contributed by atoms with Gasteiger partial charge >= 0.3 is 0 Å². The Morgan fingerprint density at radius 2 is 0.577 bits per heavy atom. The zero-order valence-electron chi connectivity index (χ0n) is 35.1. The van der Waals surface area contributed by atoms with E-state index in [9.17, 15) is 9.59 Å². The van der Waals surface area contributed by atoms with E-state index in [1.54, 1.807) is 0 Å². The van der Waals surface area contributed by atoms with Crippen LogP contribution in [0, 0.1) is 5.92 Å². The Morgan fingerprint density at radius 1 is 0.346 bits per heavy atom. The highest BCUT2D eigenvalue weighted by Gasteiger charge is 2.07. The number of amides is 2. The molecule has 0 saturated carbocycles. The molecule has 0 unspecified atom stereocenters. The number of allylic oxidation sites excluding steroid dienone is 4. The van der Waals surface area contributed by atoms with Crippen molar-refractivity contribution in [1.29, 1.82) is 0 Å². The molecule has 0 saturated heterocycles. The molecule has 0 heterocycles. The van der Waals surface area contributed by atoms with Crippen LogP contribution in [-0.2, 0) is 9.59 Å². The Morgan fingerprint density at radius 3 is 0.827 bits per heavy atom. The molecule has 0 atom stereocenters. The number of primary amides is 2. The van der Waals surface area contributed by atoms with Crippen molar-refractivity contribution >= 4 is 11.8 Å². The highest BCUT2D eigenvalue weighted by atomic mass is 16.1. The number of carbonyl (C=O) groups is 2. The van der Waals surface area contributed by atoms with E-state index < -0.39 is 0 Å². The maximum Gasteiger partial charge on any atom is 0.217 e.